The topological polar surface area (TPSA) is 38.3 Å². The summed E-state index contributed by atoms with van der Waals surface area (Å²) >= 11 is 0. The average Bonchev–Trinajstić information content (AvgIpc) is 1.68. The SMILES string of the molecule is [CH2]CC(=O)NOC. The highest BCUT2D eigenvalue weighted by molar-refractivity contribution is 5.75. The summed E-state index contributed by atoms with van der Waals surface area (Å²) in [7, 11) is 1.38. The van der Waals surface area contributed by atoms with E-state index in [2.05, 4.69) is 17.2 Å². The second-order valence-electron chi connectivity index (χ2n) is 0.979. The van der Waals surface area contributed by atoms with E-state index in [1.165, 1.54) is 7.11 Å². The molecule has 0 aromatic rings. The van der Waals surface area contributed by atoms with Crippen LogP contribution in [0.25, 0.3) is 0 Å². The fourth-order valence-corrected chi connectivity index (χ4v) is 0.165. The van der Waals surface area contributed by atoms with Gasteiger partial charge in [-0.3, -0.25) is 9.63 Å². The van der Waals surface area contributed by atoms with Gasteiger partial charge in [0, 0.05) is 6.42 Å². The molecule has 0 heterocycles. The Morgan fingerprint density at radius 1 is 2.00 bits per heavy atom. The van der Waals surface area contributed by atoms with Gasteiger partial charge in [0.05, 0.1) is 7.11 Å². The van der Waals surface area contributed by atoms with Crippen molar-refractivity contribution in [2.45, 2.75) is 6.42 Å². The molecule has 1 amide bonds. The Labute approximate surface area is 42.6 Å². The number of amides is 1. The lowest BCUT2D eigenvalue weighted by molar-refractivity contribution is -0.130. The lowest BCUT2D eigenvalue weighted by Gasteiger charge is -1.94. The van der Waals surface area contributed by atoms with Crippen molar-refractivity contribution >= 4 is 5.91 Å². The molecule has 0 aliphatic heterocycles. The van der Waals surface area contributed by atoms with Crippen LogP contribution >= 0.6 is 0 Å². The quantitative estimate of drug-likeness (QED) is 0.494. The molecule has 0 bridgehead atoms. The molecule has 0 aromatic heterocycles. The maximum atomic E-state index is 10.1. The Balaban J connectivity index is 3.00. The predicted octanol–water partition coefficient (Wildman–Crippen LogP) is -0.112. The van der Waals surface area contributed by atoms with E-state index in [1.807, 2.05) is 0 Å². The summed E-state index contributed by atoms with van der Waals surface area (Å²) in [6.45, 7) is 3.31. The van der Waals surface area contributed by atoms with E-state index >= 15 is 0 Å². The van der Waals surface area contributed by atoms with Crippen molar-refractivity contribution in [3.63, 3.8) is 0 Å². The summed E-state index contributed by atoms with van der Waals surface area (Å²) in [6, 6.07) is 0. The van der Waals surface area contributed by atoms with Gasteiger partial charge in [0.2, 0.25) is 5.91 Å². The number of nitrogens with one attached hydrogen (secondary N) is 1. The van der Waals surface area contributed by atoms with Crippen molar-refractivity contribution in [3.8, 4) is 0 Å². The Morgan fingerprint density at radius 2 is 2.57 bits per heavy atom. The van der Waals surface area contributed by atoms with Crippen molar-refractivity contribution in [1.82, 2.24) is 5.48 Å². The first-order valence-corrected chi connectivity index (χ1v) is 1.92. The second-order valence-corrected chi connectivity index (χ2v) is 0.979. The molecule has 1 N–H and O–H groups in total. The monoisotopic (exact) mass is 102 g/mol. The second kappa shape index (κ2) is 3.61. The third-order valence-electron chi connectivity index (χ3n) is 0.443. The van der Waals surface area contributed by atoms with Gasteiger partial charge < -0.3 is 0 Å². The lowest BCUT2D eigenvalue weighted by Crippen LogP contribution is -2.20. The Morgan fingerprint density at radius 3 is 2.71 bits per heavy atom. The minimum Gasteiger partial charge on any atom is -0.277 e. The molecule has 41 valence electrons. The summed E-state index contributed by atoms with van der Waals surface area (Å²) in [5.41, 5.74) is 2.09. The summed E-state index contributed by atoms with van der Waals surface area (Å²) < 4.78 is 0. The molecule has 0 aromatic carbocycles. The van der Waals surface area contributed by atoms with Crippen molar-refractivity contribution in [1.29, 1.82) is 0 Å². The van der Waals surface area contributed by atoms with Crippen molar-refractivity contribution in [3.05, 3.63) is 6.92 Å². The smallest absolute Gasteiger partial charge is 0.243 e. The van der Waals surface area contributed by atoms with Gasteiger partial charge in [-0.05, 0) is 6.92 Å². The highest BCUT2D eigenvalue weighted by Crippen LogP contribution is 1.70. The summed E-state index contributed by atoms with van der Waals surface area (Å²) in [6.07, 6.45) is 0.216. The number of hydroxylamine groups is 1. The molecule has 0 saturated carbocycles. The minimum atomic E-state index is -0.206. The number of rotatable bonds is 2. The van der Waals surface area contributed by atoms with Gasteiger partial charge >= 0.3 is 0 Å². The van der Waals surface area contributed by atoms with Crippen LogP contribution < -0.4 is 5.48 Å². The first-order chi connectivity index (χ1) is 3.31. The highest BCUT2D eigenvalue weighted by atomic mass is 16.6. The molecule has 0 unspecified atom stereocenters. The Hall–Kier alpha value is -0.570. The zero-order chi connectivity index (χ0) is 5.70. The third-order valence-corrected chi connectivity index (χ3v) is 0.443. The van der Waals surface area contributed by atoms with Crippen LogP contribution in [0.3, 0.4) is 0 Å². The van der Waals surface area contributed by atoms with Crippen LogP contribution in [0.1, 0.15) is 6.42 Å². The average molecular weight is 102 g/mol. The van der Waals surface area contributed by atoms with Crippen molar-refractivity contribution in [2.24, 2.45) is 0 Å². The van der Waals surface area contributed by atoms with Crippen LogP contribution in [0.4, 0.5) is 0 Å². The molecule has 0 spiro atoms. The Kier molecular flexibility index (Phi) is 3.32. The molecular formula is C4H8NO2. The zero-order valence-electron chi connectivity index (χ0n) is 4.23. The van der Waals surface area contributed by atoms with Gasteiger partial charge in [-0.1, -0.05) is 0 Å². The number of hydrogen-bond acceptors (Lipinski definition) is 2. The molecule has 1 radical (unpaired) electrons. The first-order valence-electron chi connectivity index (χ1n) is 1.92. The number of carbonyl (C=O) groups is 1. The minimum absolute atomic E-state index is 0.206. The van der Waals surface area contributed by atoms with E-state index in [0.717, 1.165) is 0 Å². The standard InChI is InChI=1S/C4H8NO2/c1-3-4(6)5-7-2/h1,3H2,2H3,(H,5,6). The van der Waals surface area contributed by atoms with E-state index in [0.29, 0.717) is 0 Å². The summed E-state index contributed by atoms with van der Waals surface area (Å²) in [5, 5.41) is 0. The Bertz CT molecular complexity index is 62.7. The predicted molar refractivity (Wildman–Crippen MR) is 25.1 cm³/mol. The molecule has 3 nitrogen and oxygen atoms in total. The van der Waals surface area contributed by atoms with Crippen LogP contribution in [0.5, 0.6) is 0 Å². The van der Waals surface area contributed by atoms with E-state index in [4.69, 9.17) is 0 Å². The van der Waals surface area contributed by atoms with Crippen LogP contribution in [-0.4, -0.2) is 13.0 Å². The molecule has 0 saturated heterocycles. The van der Waals surface area contributed by atoms with Gasteiger partial charge in [0.1, 0.15) is 0 Å². The van der Waals surface area contributed by atoms with Gasteiger partial charge in [-0.2, -0.15) is 0 Å². The summed E-state index contributed by atoms with van der Waals surface area (Å²) in [4.78, 5) is 14.4. The molecule has 0 rings (SSSR count). The maximum Gasteiger partial charge on any atom is 0.243 e. The van der Waals surface area contributed by atoms with Crippen LogP contribution in [0, 0.1) is 6.92 Å². The van der Waals surface area contributed by atoms with E-state index < -0.39 is 0 Å². The van der Waals surface area contributed by atoms with Gasteiger partial charge in [-0.15, -0.1) is 0 Å². The third kappa shape index (κ3) is 3.26. The van der Waals surface area contributed by atoms with Gasteiger partial charge in [0.25, 0.3) is 0 Å². The van der Waals surface area contributed by atoms with Gasteiger partial charge in [0.15, 0.2) is 0 Å². The molecule has 0 atom stereocenters. The number of carbonyl (C=O) groups excluding carboxylic acids is 1. The zero-order valence-corrected chi connectivity index (χ0v) is 4.23. The van der Waals surface area contributed by atoms with E-state index in [1.54, 1.807) is 0 Å². The van der Waals surface area contributed by atoms with E-state index in [9.17, 15) is 4.79 Å². The molecule has 7 heavy (non-hydrogen) atoms. The molecule has 0 fully saturated rings. The summed E-state index contributed by atoms with van der Waals surface area (Å²) in [5.74, 6) is -0.206. The fraction of sp³-hybridized carbons (Fsp3) is 0.500. The van der Waals surface area contributed by atoms with Crippen LogP contribution in [0.15, 0.2) is 0 Å². The molecular weight excluding hydrogens is 94.0 g/mol. The largest absolute Gasteiger partial charge is 0.277 e. The van der Waals surface area contributed by atoms with Crippen molar-refractivity contribution in [2.75, 3.05) is 7.11 Å². The number of hydrogen-bond donors (Lipinski definition) is 1. The first kappa shape index (κ1) is 6.43. The lowest BCUT2D eigenvalue weighted by atomic mass is 10.5. The molecule has 0 aliphatic carbocycles. The fourth-order valence-electron chi connectivity index (χ4n) is 0.165. The van der Waals surface area contributed by atoms with Crippen LogP contribution in [0.2, 0.25) is 0 Å². The maximum absolute atomic E-state index is 10.1. The highest BCUT2D eigenvalue weighted by Gasteiger charge is 1.89. The van der Waals surface area contributed by atoms with Gasteiger partial charge in [-0.25, -0.2) is 5.48 Å². The molecule has 0 aliphatic rings. The molecule has 3 heteroatoms. The van der Waals surface area contributed by atoms with E-state index in [-0.39, 0.29) is 12.3 Å². The normalized spacial score (nSPS) is 8.29. The van der Waals surface area contributed by atoms with Crippen molar-refractivity contribution < 1.29 is 9.63 Å². The van der Waals surface area contributed by atoms with Crippen LogP contribution in [-0.2, 0) is 9.63 Å².